The lowest BCUT2D eigenvalue weighted by atomic mass is 10.3. The first-order valence-electron chi connectivity index (χ1n) is 4.69. The van der Waals surface area contributed by atoms with Gasteiger partial charge in [-0.3, -0.25) is 4.98 Å². The van der Waals surface area contributed by atoms with Gasteiger partial charge in [0.2, 0.25) is 0 Å². The molecule has 1 aromatic heterocycles. The van der Waals surface area contributed by atoms with Gasteiger partial charge < -0.3 is 11.1 Å². The maximum atomic E-state index is 6.05. The number of hydrogen-bond acceptors (Lipinski definition) is 3. The lowest BCUT2D eigenvalue weighted by Gasteiger charge is -2.13. The normalized spacial score (nSPS) is 10.3. The number of benzene rings is 1. The molecule has 1 heterocycles. The van der Waals surface area contributed by atoms with Crippen molar-refractivity contribution in [3.63, 3.8) is 0 Å². The Bertz CT molecular complexity index is 470. The Morgan fingerprint density at radius 1 is 1.12 bits per heavy atom. The number of nitrogens with two attached hydrogens (primary N) is 1. The van der Waals surface area contributed by atoms with E-state index in [4.69, 9.17) is 17.3 Å². The molecule has 2 rings (SSSR count). The second-order valence-electron chi connectivity index (χ2n) is 3.31. The molecule has 1 aromatic carbocycles. The summed E-state index contributed by atoms with van der Waals surface area (Å²) in [7, 11) is 0. The lowest BCUT2D eigenvalue weighted by Crippen LogP contribution is -1.99. The van der Waals surface area contributed by atoms with E-state index in [0.717, 1.165) is 14.6 Å². The van der Waals surface area contributed by atoms with Gasteiger partial charge in [-0.05, 0) is 44.0 Å². The Morgan fingerprint density at radius 2 is 1.76 bits per heavy atom. The average molecular weight is 377 g/mol. The Hall–Kier alpha value is -0.780. The van der Waals surface area contributed by atoms with Crippen molar-refractivity contribution in [1.82, 2.24) is 4.98 Å². The van der Waals surface area contributed by atoms with E-state index in [2.05, 4.69) is 42.2 Å². The van der Waals surface area contributed by atoms with E-state index in [-0.39, 0.29) is 0 Å². The highest BCUT2D eigenvalue weighted by Crippen LogP contribution is 2.37. The largest absolute Gasteiger partial charge is 0.396 e. The standard InChI is InChI=1S/C11H8Br2ClN3/c12-6-2-1-3-7(13)10(6)17-11-8(14)4-16-5-9(11)15/h1-5H,15H2,(H,16,17). The minimum atomic E-state index is 0.479. The Morgan fingerprint density at radius 3 is 2.35 bits per heavy atom. The van der Waals surface area contributed by atoms with Crippen molar-refractivity contribution < 1.29 is 0 Å². The second-order valence-corrected chi connectivity index (χ2v) is 5.42. The van der Waals surface area contributed by atoms with E-state index in [1.54, 1.807) is 12.4 Å². The van der Waals surface area contributed by atoms with Crippen molar-refractivity contribution in [2.24, 2.45) is 0 Å². The van der Waals surface area contributed by atoms with Crippen molar-refractivity contribution >= 4 is 60.5 Å². The molecule has 0 unspecified atom stereocenters. The Balaban J connectivity index is 2.45. The summed E-state index contributed by atoms with van der Waals surface area (Å²) in [6.07, 6.45) is 3.10. The fraction of sp³-hybridized carbons (Fsp3) is 0. The van der Waals surface area contributed by atoms with Crippen LogP contribution in [0.3, 0.4) is 0 Å². The van der Waals surface area contributed by atoms with Crippen LogP contribution in [0.15, 0.2) is 39.5 Å². The van der Waals surface area contributed by atoms with Crippen molar-refractivity contribution in [1.29, 1.82) is 0 Å². The van der Waals surface area contributed by atoms with Crippen LogP contribution in [-0.2, 0) is 0 Å². The van der Waals surface area contributed by atoms with E-state index in [9.17, 15) is 0 Å². The number of pyridine rings is 1. The number of anilines is 3. The highest BCUT2D eigenvalue weighted by Gasteiger charge is 2.09. The predicted octanol–water partition coefficient (Wildman–Crippen LogP) is 4.59. The lowest BCUT2D eigenvalue weighted by molar-refractivity contribution is 1.32. The minimum Gasteiger partial charge on any atom is -0.396 e. The van der Waals surface area contributed by atoms with Crippen molar-refractivity contribution in [2.45, 2.75) is 0 Å². The van der Waals surface area contributed by atoms with E-state index < -0.39 is 0 Å². The zero-order valence-electron chi connectivity index (χ0n) is 8.55. The van der Waals surface area contributed by atoms with E-state index in [1.807, 2.05) is 18.2 Å². The number of aromatic nitrogens is 1. The quantitative estimate of drug-likeness (QED) is 0.805. The first kappa shape index (κ1) is 12.7. The van der Waals surface area contributed by atoms with E-state index >= 15 is 0 Å². The summed E-state index contributed by atoms with van der Waals surface area (Å²) in [6.45, 7) is 0. The van der Waals surface area contributed by atoms with Crippen molar-refractivity contribution in [3.05, 3.63) is 44.6 Å². The third-order valence-corrected chi connectivity index (χ3v) is 3.75. The van der Waals surface area contributed by atoms with Crippen molar-refractivity contribution in [2.75, 3.05) is 11.1 Å². The molecule has 0 bridgehead atoms. The van der Waals surface area contributed by atoms with Gasteiger partial charge in [-0.2, -0.15) is 0 Å². The first-order valence-corrected chi connectivity index (χ1v) is 6.66. The number of nitrogens with one attached hydrogen (secondary N) is 1. The van der Waals surface area contributed by atoms with Gasteiger partial charge in [0.15, 0.2) is 0 Å². The van der Waals surface area contributed by atoms with Gasteiger partial charge in [0, 0.05) is 15.1 Å². The molecule has 0 spiro atoms. The monoisotopic (exact) mass is 375 g/mol. The van der Waals surface area contributed by atoms with E-state index in [1.165, 1.54) is 0 Å². The molecule has 0 atom stereocenters. The molecule has 17 heavy (non-hydrogen) atoms. The van der Waals surface area contributed by atoms with Gasteiger partial charge in [0.05, 0.1) is 28.3 Å². The molecule has 0 aliphatic heterocycles. The fourth-order valence-corrected chi connectivity index (χ4v) is 2.73. The van der Waals surface area contributed by atoms with Crippen LogP contribution in [0.5, 0.6) is 0 Å². The SMILES string of the molecule is Nc1cncc(Cl)c1Nc1c(Br)cccc1Br. The number of hydrogen-bond donors (Lipinski definition) is 2. The van der Waals surface area contributed by atoms with Gasteiger partial charge in [-0.1, -0.05) is 17.7 Å². The summed E-state index contributed by atoms with van der Waals surface area (Å²) in [5, 5.41) is 3.67. The zero-order chi connectivity index (χ0) is 12.4. The molecule has 2 aromatic rings. The van der Waals surface area contributed by atoms with Crippen LogP contribution in [0.1, 0.15) is 0 Å². The summed E-state index contributed by atoms with van der Waals surface area (Å²) in [4.78, 5) is 3.91. The molecule has 0 saturated heterocycles. The molecular formula is C11H8Br2ClN3. The number of halogens is 3. The molecular weight excluding hydrogens is 369 g/mol. The van der Waals surface area contributed by atoms with Gasteiger partial charge in [-0.25, -0.2) is 0 Å². The fourth-order valence-electron chi connectivity index (χ4n) is 1.32. The first-order chi connectivity index (χ1) is 8.09. The molecule has 0 radical (unpaired) electrons. The highest BCUT2D eigenvalue weighted by atomic mass is 79.9. The van der Waals surface area contributed by atoms with Crippen LogP contribution in [0.4, 0.5) is 17.1 Å². The molecule has 0 aliphatic carbocycles. The summed E-state index contributed by atoms with van der Waals surface area (Å²) < 4.78 is 1.83. The summed E-state index contributed by atoms with van der Waals surface area (Å²) in [6, 6.07) is 5.79. The summed E-state index contributed by atoms with van der Waals surface area (Å²) >= 11 is 13.0. The zero-order valence-corrected chi connectivity index (χ0v) is 12.5. The van der Waals surface area contributed by atoms with Crippen molar-refractivity contribution in [3.8, 4) is 0 Å². The third-order valence-electron chi connectivity index (χ3n) is 2.14. The minimum absolute atomic E-state index is 0.479. The number of nitrogens with zero attached hydrogens (tertiary/aromatic N) is 1. The molecule has 3 N–H and O–H groups in total. The molecule has 0 aliphatic rings. The smallest absolute Gasteiger partial charge is 0.0845 e. The topological polar surface area (TPSA) is 50.9 Å². The maximum absolute atomic E-state index is 6.05. The average Bonchev–Trinajstić information content (AvgIpc) is 2.27. The maximum Gasteiger partial charge on any atom is 0.0845 e. The van der Waals surface area contributed by atoms with Gasteiger partial charge in [-0.15, -0.1) is 0 Å². The van der Waals surface area contributed by atoms with Crippen LogP contribution in [0.2, 0.25) is 5.02 Å². The third kappa shape index (κ3) is 2.73. The molecule has 0 fully saturated rings. The van der Waals surface area contributed by atoms with Crippen LogP contribution >= 0.6 is 43.5 Å². The van der Waals surface area contributed by atoms with E-state index in [0.29, 0.717) is 16.4 Å². The molecule has 88 valence electrons. The molecule has 0 amide bonds. The van der Waals surface area contributed by atoms with Gasteiger partial charge in [0.25, 0.3) is 0 Å². The highest BCUT2D eigenvalue weighted by molar-refractivity contribution is 9.11. The summed E-state index contributed by atoms with van der Waals surface area (Å²) in [5.41, 5.74) is 7.84. The Labute approximate surface area is 121 Å². The number of nitrogen functional groups attached to an aromatic ring is 1. The van der Waals surface area contributed by atoms with Crippen LogP contribution < -0.4 is 11.1 Å². The van der Waals surface area contributed by atoms with Gasteiger partial charge in [0.1, 0.15) is 0 Å². The predicted molar refractivity (Wildman–Crippen MR) is 78.8 cm³/mol. The Kier molecular flexibility index (Phi) is 3.91. The van der Waals surface area contributed by atoms with Gasteiger partial charge >= 0.3 is 0 Å². The molecule has 6 heteroatoms. The van der Waals surface area contributed by atoms with Crippen LogP contribution in [-0.4, -0.2) is 4.98 Å². The van der Waals surface area contributed by atoms with Crippen LogP contribution in [0, 0.1) is 0 Å². The number of rotatable bonds is 2. The number of para-hydroxylation sites is 1. The second kappa shape index (κ2) is 5.25. The molecule has 0 saturated carbocycles. The summed E-state index contributed by atoms with van der Waals surface area (Å²) in [5.74, 6) is 0. The van der Waals surface area contributed by atoms with Crippen LogP contribution in [0.25, 0.3) is 0 Å². The molecule has 3 nitrogen and oxygen atoms in total.